The fourth-order valence-corrected chi connectivity index (χ4v) is 7.05. The second-order valence-electron chi connectivity index (χ2n) is 9.69. The molecule has 5 rings (SSSR count). The van der Waals surface area contributed by atoms with E-state index in [1.165, 1.54) is 43.2 Å². The van der Waals surface area contributed by atoms with E-state index >= 15 is 0 Å². The van der Waals surface area contributed by atoms with E-state index in [4.69, 9.17) is 21.7 Å². The molecule has 7 heteroatoms. The highest BCUT2D eigenvalue weighted by Crippen LogP contribution is 2.49. The molecule has 1 N–H and O–H groups in total. The number of thiocarbonyl (C=S) groups is 1. The molecule has 2 heterocycles. The Hall–Kier alpha value is -1.96. The van der Waals surface area contributed by atoms with Crippen LogP contribution in [0.1, 0.15) is 62.7 Å². The van der Waals surface area contributed by atoms with E-state index in [2.05, 4.69) is 0 Å². The Morgan fingerprint density at radius 1 is 1.15 bits per heavy atom. The number of nitrogens with zero attached hydrogens (tertiary/aromatic N) is 1. The maximum Gasteiger partial charge on any atom is 0.266 e. The smallest absolute Gasteiger partial charge is 0.266 e. The van der Waals surface area contributed by atoms with Crippen molar-refractivity contribution in [2.24, 2.45) is 11.8 Å². The van der Waals surface area contributed by atoms with Crippen molar-refractivity contribution in [3.8, 4) is 11.3 Å². The molecule has 3 fully saturated rings. The number of carbonyl (C=O) groups is 1. The Morgan fingerprint density at radius 3 is 2.65 bits per heavy atom. The Bertz CT molecular complexity index is 1090. The van der Waals surface area contributed by atoms with E-state index in [1.54, 1.807) is 12.1 Å². The number of amides is 1. The second-order valence-corrected chi connectivity index (χ2v) is 11.4. The van der Waals surface area contributed by atoms with Crippen LogP contribution in [0.2, 0.25) is 0 Å². The molecule has 3 atom stereocenters. The molecule has 2 bridgehead atoms. The molecule has 2 aliphatic carbocycles. The SMILES string of the molecule is O=C1/C(=C/c2oc(-c3ccc(F)cc3)cc2CCCCCCO)SC(=S)N1C1CC2CCC1C2. The summed E-state index contributed by atoms with van der Waals surface area (Å²) in [7, 11) is 0. The van der Waals surface area contributed by atoms with Gasteiger partial charge >= 0.3 is 0 Å². The predicted octanol–water partition coefficient (Wildman–Crippen LogP) is 6.57. The number of carbonyl (C=O) groups excluding carboxylic acids is 1. The van der Waals surface area contributed by atoms with Crippen LogP contribution < -0.4 is 0 Å². The maximum absolute atomic E-state index is 13.4. The molecule has 1 aliphatic heterocycles. The molecule has 1 amide bonds. The van der Waals surface area contributed by atoms with Crippen molar-refractivity contribution in [1.29, 1.82) is 0 Å². The predicted molar refractivity (Wildman–Crippen MR) is 138 cm³/mol. The van der Waals surface area contributed by atoms with E-state index in [9.17, 15) is 9.18 Å². The fourth-order valence-electron chi connectivity index (χ4n) is 5.71. The van der Waals surface area contributed by atoms with Gasteiger partial charge in [-0.05, 0) is 86.3 Å². The minimum absolute atomic E-state index is 0.00109. The molecule has 0 spiro atoms. The molecule has 3 aliphatic rings. The van der Waals surface area contributed by atoms with Gasteiger partial charge in [0, 0.05) is 24.3 Å². The molecule has 180 valence electrons. The summed E-state index contributed by atoms with van der Waals surface area (Å²) in [6.07, 6.45) is 11.2. The van der Waals surface area contributed by atoms with Crippen LogP contribution in [0.3, 0.4) is 0 Å². The Labute approximate surface area is 209 Å². The van der Waals surface area contributed by atoms with Crippen LogP contribution in [-0.2, 0) is 11.2 Å². The molecule has 0 radical (unpaired) electrons. The van der Waals surface area contributed by atoms with E-state index in [1.807, 2.05) is 17.0 Å². The van der Waals surface area contributed by atoms with Crippen molar-refractivity contribution >= 4 is 40.3 Å². The van der Waals surface area contributed by atoms with Crippen LogP contribution in [0.15, 0.2) is 39.7 Å². The zero-order valence-corrected chi connectivity index (χ0v) is 20.8. The lowest BCUT2D eigenvalue weighted by molar-refractivity contribution is -0.124. The van der Waals surface area contributed by atoms with Gasteiger partial charge in [0.25, 0.3) is 5.91 Å². The van der Waals surface area contributed by atoms with Gasteiger partial charge in [0.2, 0.25) is 0 Å². The van der Waals surface area contributed by atoms with E-state index in [0.717, 1.165) is 55.6 Å². The van der Waals surface area contributed by atoms with Crippen molar-refractivity contribution < 1.29 is 18.7 Å². The van der Waals surface area contributed by atoms with Crippen molar-refractivity contribution in [2.45, 2.75) is 63.8 Å². The number of unbranched alkanes of at least 4 members (excludes halogenated alkanes) is 3. The van der Waals surface area contributed by atoms with E-state index < -0.39 is 0 Å². The Kier molecular flexibility index (Phi) is 7.23. The average Bonchev–Trinajstić information content (AvgIpc) is 3.59. The standard InChI is InChI=1S/C27H30FNO3S2/c28-21-10-8-18(9-11-21)23-15-20(5-3-1-2-4-12-30)24(32-23)16-25-26(31)29(27(33)34-25)22-14-17-6-7-19(22)13-17/h8-11,15-17,19,22,30H,1-7,12-14H2/b25-16-. The van der Waals surface area contributed by atoms with Crippen LogP contribution >= 0.6 is 24.0 Å². The van der Waals surface area contributed by atoms with Crippen molar-refractivity contribution in [2.75, 3.05) is 6.61 Å². The number of thioether (sulfide) groups is 1. The zero-order chi connectivity index (χ0) is 23.7. The van der Waals surface area contributed by atoms with Crippen LogP contribution in [0.4, 0.5) is 4.39 Å². The van der Waals surface area contributed by atoms with E-state index in [-0.39, 0.29) is 24.4 Å². The van der Waals surface area contributed by atoms with Gasteiger partial charge < -0.3 is 9.52 Å². The summed E-state index contributed by atoms with van der Waals surface area (Å²) < 4.78 is 20.3. The topological polar surface area (TPSA) is 53.7 Å². The monoisotopic (exact) mass is 499 g/mol. The molecule has 34 heavy (non-hydrogen) atoms. The maximum atomic E-state index is 13.4. The Balaban J connectivity index is 1.39. The summed E-state index contributed by atoms with van der Waals surface area (Å²) in [6, 6.07) is 8.50. The number of benzene rings is 1. The highest BCUT2D eigenvalue weighted by atomic mass is 32.2. The summed E-state index contributed by atoms with van der Waals surface area (Å²) in [4.78, 5) is 15.9. The number of furan rings is 1. The third-order valence-electron chi connectivity index (χ3n) is 7.44. The van der Waals surface area contributed by atoms with Crippen molar-refractivity contribution in [3.63, 3.8) is 0 Å². The number of hydrogen-bond acceptors (Lipinski definition) is 5. The number of halogens is 1. The van der Waals surface area contributed by atoms with Crippen LogP contribution in [0.25, 0.3) is 17.4 Å². The molecular weight excluding hydrogens is 469 g/mol. The van der Waals surface area contributed by atoms with Gasteiger partial charge in [-0.1, -0.05) is 43.2 Å². The number of rotatable bonds is 9. The second kappa shape index (κ2) is 10.3. The summed E-state index contributed by atoms with van der Waals surface area (Å²) in [5.41, 5.74) is 1.84. The minimum atomic E-state index is -0.288. The quantitative estimate of drug-likeness (QED) is 0.240. The fraction of sp³-hybridized carbons (Fsp3) is 0.481. The first-order valence-corrected chi connectivity index (χ1v) is 13.5. The van der Waals surface area contributed by atoms with Gasteiger partial charge in [-0.2, -0.15) is 0 Å². The lowest BCUT2D eigenvalue weighted by atomic mass is 9.94. The molecule has 1 saturated heterocycles. The first-order chi connectivity index (χ1) is 16.5. The Morgan fingerprint density at radius 2 is 1.94 bits per heavy atom. The van der Waals surface area contributed by atoms with Gasteiger partial charge in [0.15, 0.2) is 0 Å². The number of aliphatic hydroxyl groups excluding tert-OH is 1. The first kappa shape index (κ1) is 23.8. The third kappa shape index (κ3) is 4.88. The third-order valence-corrected chi connectivity index (χ3v) is 8.77. The zero-order valence-electron chi connectivity index (χ0n) is 19.2. The highest BCUT2D eigenvalue weighted by Gasteiger charge is 2.48. The minimum Gasteiger partial charge on any atom is -0.456 e. The highest BCUT2D eigenvalue weighted by molar-refractivity contribution is 8.26. The first-order valence-electron chi connectivity index (χ1n) is 12.3. The lowest BCUT2D eigenvalue weighted by Gasteiger charge is -2.30. The van der Waals surface area contributed by atoms with Crippen LogP contribution in [0.5, 0.6) is 0 Å². The van der Waals surface area contributed by atoms with Gasteiger partial charge in [-0.15, -0.1) is 0 Å². The largest absolute Gasteiger partial charge is 0.456 e. The van der Waals surface area contributed by atoms with Crippen LogP contribution in [0, 0.1) is 17.7 Å². The van der Waals surface area contributed by atoms with Gasteiger partial charge in [0.05, 0.1) is 4.91 Å². The van der Waals surface area contributed by atoms with Crippen molar-refractivity contribution in [1.82, 2.24) is 4.90 Å². The molecule has 3 unspecified atom stereocenters. The molecular formula is C27H30FNO3S2. The summed E-state index contributed by atoms with van der Waals surface area (Å²) in [6.45, 7) is 0.218. The molecule has 4 nitrogen and oxygen atoms in total. The summed E-state index contributed by atoms with van der Waals surface area (Å²) >= 11 is 7.01. The number of hydrogen-bond donors (Lipinski definition) is 1. The van der Waals surface area contributed by atoms with E-state index in [0.29, 0.717) is 26.7 Å². The van der Waals surface area contributed by atoms with Crippen LogP contribution in [-0.4, -0.2) is 32.9 Å². The average molecular weight is 500 g/mol. The molecule has 1 aromatic heterocycles. The summed E-state index contributed by atoms with van der Waals surface area (Å²) in [5.74, 6) is 2.37. The number of aliphatic hydroxyl groups is 1. The number of aryl methyl sites for hydroxylation is 1. The van der Waals surface area contributed by atoms with Gasteiger partial charge in [-0.3, -0.25) is 9.69 Å². The molecule has 2 aromatic rings. The lowest BCUT2D eigenvalue weighted by Crippen LogP contribution is -2.41. The van der Waals surface area contributed by atoms with Gasteiger partial charge in [0.1, 0.15) is 21.7 Å². The molecule has 2 saturated carbocycles. The molecule has 1 aromatic carbocycles. The summed E-state index contributed by atoms with van der Waals surface area (Å²) in [5, 5.41) is 9.02. The number of fused-ring (bicyclic) bond motifs is 2. The normalized spacial score (nSPS) is 25.3. The van der Waals surface area contributed by atoms with Crippen molar-refractivity contribution in [3.05, 3.63) is 52.4 Å². The van der Waals surface area contributed by atoms with Gasteiger partial charge in [-0.25, -0.2) is 4.39 Å².